The molecule has 3 rings (SSSR count). The molecular formula is C16H26N6O. The molecular weight excluding hydrogens is 292 g/mol. The summed E-state index contributed by atoms with van der Waals surface area (Å²) in [4.78, 5) is 2.29. The van der Waals surface area contributed by atoms with Crippen LogP contribution in [-0.2, 0) is 12.1 Å². The highest BCUT2D eigenvalue weighted by molar-refractivity contribution is 5.10. The molecule has 23 heavy (non-hydrogen) atoms. The first-order valence-electron chi connectivity index (χ1n) is 8.32. The molecule has 0 amide bonds. The maximum Gasteiger partial charge on any atom is 0.123 e. The lowest BCUT2D eigenvalue weighted by atomic mass is 9.90. The van der Waals surface area contributed by atoms with Crippen molar-refractivity contribution in [2.24, 2.45) is 0 Å². The number of hydrogen-bond donors (Lipinski definition) is 1. The van der Waals surface area contributed by atoms with Crippen molar-refractivity contribution in [3.05, 3.63) is 29.8 Å². The molecule has 0 unspecified atom stereocenters. The Morgan fingerprint density at radius 2 is 2.13 bits per heavy atom. The Morgan fingerprint density at radius 3 is 2.78 bits per heavy atom. The van der Waals surface area contributed by atoms with Gasteiger partial charge in [0.05, 0.1) is 18.9 Å². The number of hydrogen-bond acceptors (Lipinski definition) is 5. The summed E-state index contributed by atoms with van der Waals surface area (Å²) in [6.07, 6.45) is 7.50. The average molecular weight is 318 g/mol. The van der Waals surface area contributed by atoms with Gasteiger partial charge in [-0.2, -0.15) is 5.10 Å². The molecule has 0 bridgehead atoms. The molecule has 0 spiro atoms. The standard InChI is InChI=1S/C16H26N6O/c1-13(2)22-11-15(18-19-22)16(23)5-4-6-20(12-16)7-8-21-10-14(3)9-17-21/h9-11,13,23H,4-8,12H2,1-3H3/t16-/m0/s1. The van der Waals surface area contributed by atoms with Crippen LogP contribution in [0.3, 0.4) is 0 Å². The van der Waals surface area contributed by atoms with Gasteiger partial charge in [-0.05, 0) is 45.7 Å². The van der Waals surface area contributed by atoms with Gasteiger partial charge in [-0.15, -0.1) is 5.10 Å². The van der Waals surface area contributed by atoms with Crippen molar-refractivity contribution in [3.63, 3.8) is 0 Å². The van der Waals surface area contributed by atoms with E-state index in [1.807, 2.05) is 30.2 Å². The summed E-state index contributed by atoms with van der Waals surface area (Å²) in [6.45, 7) is 9.47. The van der Waals surface area contributed by atoms with Gasteiger partial charge in [-0.25, -0.2) is 4.68 Å². The number of β-amino-alcohol motifs (C(OH)–C–C–N with tert-alkyl or cyclic N) is 1. The molecule has 1 aliphatic rings. The number of aliphatic hydroxyl groups is 1. The molecule has 1 fully saturated rings. The van der Waals surface area contributed by atoms with Crippen LogP contribution >= 0.6 is 0 Å². The molecule has 0 radical (unpaired) electrons. The second-order valence-corrected chi connectivity index (χ2v) is 6.87. The fraction of sp³-hybridized carbons (Fsp3) is 0.688. The van der Waals surface area contributed by atoms with Gasteiger partial charge in [0.15, 0.2) is 0 Å². The topological polar surface area (TPSA) is 72.0 Å². The van der Waals surface area contributed by atoms with Crippen molar-refractivity contribution in [2.45, 2.75) is 51.8 Å². The number of aryl methyl sites for hydroxylation is 1. The van der Waals surface area contributed by atoms with Gasteiger partial charge in [-0.3, -0.25) is 9.58 Å². The minimum atomic E-state index is -0.897. The largest absolute Gasteiger partial charge is 0.382 e. The summed E-state index contributed by atoms with van der Waals surface area (Å²) >= 11 is 0. The van der Waals surface area contributed by atoms with Gasteiger partial charge in [0.1, 0.15) is 11.3 Å². The molecule has 126 valence electrons. The molecule has 3 heterocycles. The molecule has 0 aromatic carbocycles. The fourth-order valence-corrected chi connectivity index (χ4v) is 3.10. The zero-order chi connectivity index (χ0) is 16.4. The highest BCUT2D eigenvalue weighted by atomic mass is 16.3. The molecule has 0 aliphatic carbocycles. The molecule has 2 aromatic heterocycles. The van der Waals surface area contributed by atoms with Crippen LogP contribution < -0.4 is 0 Å². The minimum Gasteiger partial charge on any atom is -0.382 e. The van der Waals surface area contributed by atoms with E-state index in [0.29, 0.717) is 12.2 Å². The molecule has 0 saturated carbocycles. The lowest BCUT2D eigenvalue weighted by molar-refractivity contribution is -0.0398. The van der Waals surface area contributed by atoms with E-state index in [1.165, 1.54) is 5.56 Å². The average Bonchev–Trinajstić information content (AvgIpc) is 3.14. The van der Waals surface area contributed by atoms with Crippen LogP contribution in [0.4, 0.5) is 0 Å². The summed E-state index contributed by atoms with van der Waals surface area (Å²) in [5, 5.41) is 23.7. The monoisotopic (exact) mass is 318 g/mol. The van der Waals surface area contributed by atoms with Crippen LogP contribution in [0.1, 0.15) is 44.0 Å². The molecule has 7 heteroatoms. The van der Waals surface area contributed by atoms with E-state index in [2.05, 4.69) is 34.2 Å². The summed E-state index contributed by atoms with van der Waals surface area (Å²) in [7, 11) is 0. The first-order chi connectivity index (χ1) is 11.0. The van der Waals surface area contributed by atoms with E-state index < -0.39 is 5.60 Å². The second-order valence-electron chi connectivity index (χ2n) is 6.87. The van der Waals surface area contributed by atoms with Crippen LogP contribution in [-0.4, -0.2) is 54.4 Å². The number of aromatic nitrogens is 5. The number of nitrogens with zero attached hydrogens (tertiary/aromatic N) is 6. The number of piperidine rings is 1. The third-order valence-electron chi connectivity index (χ3n) is 4.47. The Labute approximate surface area is 136 Å². The van der Waals surface area contributed by atoms with Crippen LogP contribution in [0.15, 0.2) is 18.6 Å². The predicted molar refractivity (Wildman–Crippen MR) is 86.9 cm³/mol. The zero-order valence-corrected chi connectivity index (χ0v) is 14.2. The molecule has 1 N–H and O–H groups in total. The van der Waals surface area contributed by atoms with E-state index in [-0.39, 0.29) is 6.04 Å². The predicted octanol–water partition coefficient (Wildman–Crippen LogP) is 1.35. The van der Waals surface area contributed by atoms with E-state index in [9.17, 15) is 5.11 Å². The van der Waals surface area contributed by atoms with Crippen molar-refractivity contribution >= 4 is 0 Å². The van der Waals surface area contributed by atoms with Crippen LogP contribution in [0.5, 0.6) is 0 Å². The van der Waals surface area contributed by atoms with Crippen LogP contribution in [0, 0.1) is 6.92 Å². The van der Waals surface area contributed by atoms with E-state index in [0.717, 1.165) is 32.5 Å². The lowest BCUT2D eigenvalue weighted by Crippen LogP contribution is -2.47. The SMILES string of the molecule is Cc1cnn(CCN2CCC[C@@](O)(c3cn(C(C)C)nn3)C2)c1. The van der Waals surface area contributed by atoms with Crippen LogP contribution in [0.2, 0.25) is 0 Å². The Kier molecular flexibility index (Phi) is 4.50. The summed E-state index contributed by atoms with van der Waals surface area (Å²) in [5.74, 6) is 0. The van der Waals surface area contributed by atoms with E-state index in [1.54, 1.807) is 4.68 Å². The molecule has 1 atom stereocenters. The van der Waals surface area contributed by atoms with Crippen molar-refractivity contribution in [1.29, 1.82) is 0 Å². The molecule has 2 aromatic rings. The Bertz CT molecular complexity index is 649. The highest BCUT2D eigenvalue weighted by Crippen LogP contribution is 2.30. The third kappa shape index (κ3) is 3.61. The normalized spacial score (nSPS) is 22.8. The fourth-order valence-electron chi connectivity index (χ4n) is 3.10. The summed E-state index contributed by atoms with van der Waals surface area (Å²) in [6, 6.07) is 0.252. The van der Waals surface area contributed by atoms with Crippen molar-refractivity contribution in [1.82, 2.24) is 29.7 Å². The van der Waals surface area contributed by atoms with Crippen molar-refractivity contribution in [3.8, 4) is 0 Å². The molecule has 1 aliphatic heterocycles. The Hall–Kier alpha value is -1.73. The zero-order valence-electron chi connectivity index (χ0n) is 14.2. The van der Waals surface area contributed by atoms with Gasteiger partial charge in [0.25, 0.3) is 0 Å². The maximum atomic E-state index is 11.0. The highest BCUT2D eigenvalue weighted by Gasteiger charge is 2.37. The van der Waals surface area contributed by atoms with Gasteiger partial charge in [-0.1, -0.05) is 5.21 Å². The van der Waals surface area contributed by atoms with E-state index in [4.69, 9.17) is 0 Å². The third-order valence-corrected chi connectivity index (χ3v) is 4.47. The van der Waals surface area contributed by atoms with Crippen LogP contribution in [0.25, 0.3) is 0 Å². The maximum absolute atomic E-state index is 11.0. The van der Waals surface area contributed by atoms with Gasteiger partial charge in [0, 0.05) is 25.3 Å². The minimum absolute atomic E-state index is 0.252. The number of likely N-dealkylation sites (tertiary alicyclic amines) is 1. The molecule has 7 nitrogen and oxygen atoms in total. The van der Waals surface area contributed by atoms with E-state index >= 15 is 0 Å². The summed E-state index contributed by atoms with van der Waals surface area (Å²) in [5.41, 5.74) is 0.960. The van der Waals surface area contributed by atoms with Gasteiger partial charge in [0.2, 0.25) is 0 Å². The Balaban J connectivity index is 1.64. The number of rotatable bonds is 5. The first-order valence-corrected chi connectivity index (χ1v) is 8.32. The quantitative estimate of drug-likeness (QED) is 0.901. The Morgan fingerprint density at radius 1 is 1.30 bits per heavy atom. The summed E-state index contributed by atoms with van der Waals surface area (Å²) < 4.78 is 3.76. The van der Waals surface area contributed by atoms with Gasteiger partial charge >= 0.3 is 0 Å². The van der Waals surface area contributed by atoms with Crippen molar-refractivity contribution < 1.29 is 5.11 Å². The lowest BCUT2D eigenvalue weighted by Gasteiger charge is -2.37. The van der Waals surface area contributed by atoms with Crippen molar-refractivity contribution in [2.75, 3.05) is 19.6 Å². The van der Waals surface area contributed by atoms with Gasteiger partial charge < -0.3 is 5.11 Å². The first kappa shape index (κ1) is 16.1. The second kappa shape index (κ2) is 6.41. The smallest absolute Gasteiger partial charge is 0.123 e. The molecule has 1 saturated heterocycles.